The van der Waals surface area contributed by atoms with E-state index in [-0.39, 0.29) is 22.7 Å². The molecule has 0 radical (unpaired) electrons. The van der Waals surface area contributed by atoms with Crippen LogP contribution < -0.4 is 5.32 Å². The van der Waals surface area contributed by atoms with Gasteiger partial charge in [0.2, 0.25) is 10.0 Å². The molecule has 9 nitrogen and oxygen atoms in total. The highest BCUT2D eigenvalue weighted by Crippen LogP contribution is 2.22. The smallest absolute Gasteiger partial charge is 0.338 e. The van der Waals surface area contributed by atoms with Crippen LogP contribution >= 0.6 is 0 Å². The average molecular weight is 421 g/mol. The van der Waals surface area contributed by atoms with E-state index in [9.17, 15) is 18.0 Å². The highest BCUT2D eigenvalue weighted by atomic mass is 32.2. The number of hydrogen-bond donors (Lipinski definition) is 1. The van der Waals surface area contributed by atoms with E-state index >= 15 is 0 Å². The van der Waals surface area contributed by atoms with Crippen molar-refractivity contribution in [3.05, 3.63) is 41.7 Å². The number of benzene rings is 1. The molecular weight excluding hydrogens is 398 g/mol. The van der Waals surface area contributed by atoms with Gasteiger partial charge in [-0.05, 0) is 44.4 Å². The number of amides is 1. The van der Waals surface area contributed by atoms with Gasteiger partial charge in [0.15, 0.2) is 11.9 Å². The number of rotatable bonds is 7. The molecule has 3 rings (SSSR count). The van der Waals surface area contributed by atoms with Gasteiger partial charge in [0, 0.05) is 19.2 Å². The van der Waals surface area contributed by atoms with Crippen LogP contribution in [0.5, 0.6) is 0 Å². The normalized spacial score (nSPS) is 15.8. The molecule has 29 heavy (non-hydrogen) atoms. The second-order valence-corrected chi connectivity index (χ2v) is 8.69. The summed E-state index contributed by atoms with van der Waals surface area (Å²) in [5.41, 5.74) is 0.0637. The Morgan fingerprint density at radius 3 is 2.62 bits per heavy atom. The van der Waals surface area contributed by atoms with Gasteiger partial charge in [0.05, 0.1) is 10.5 Å². The summed E-state index contributed by atoms with van der Waals surface area (Å²) < 4.78 is 37.0. The van der Waals surface area contributed by atoms with E-state index in [1.54, 1.807) is 19.9 Å². The predicted molar refractivity (Wildman–Crippen MR) is 104 cm³/mol. The Balaban J connectivity index is 1.71. The highest BCUT2D eigenvalue weighted by molar-refractivity contribution is 7.89. The fraction of sp³-hybridized carbons (Fsp3) is 0.421. The van der Waals surface area contributed by atoms with E-state index < -0.39 is 28.0 Å². The number of nitrogens with zero attached hydrogens (tertiary/aromatic N) is 2. The Hall–Kier alpha value is -2.72. The molecule has 0 saturated carbocycles. The maximum Gasteiger partial charge on any atom is 0.338 e. The van der Waals surface area contributed by atoms with Crippen LogP contribution in [0.2, 0.25) is 0 Å². The summed E-state index contributed by atoms with van der Waals surface area (Å²) in [4.78, 5) is 24.9. The number of hydrogen-bond acceptors (Lipinski definition) is 7. The van der Waals surface area contributed by atoms with Crippen LogP contribution in [0.15, 0.2) is 39.8 Å². The van der Waals surface area contributed by atoms with Gasteiger partial charge >= 0.3 is 5.97 Å². The topological polar surface area (TPSA) is 119 Å². The molecule has 1 saturated heterocycles. The third-order valence-corrected chi connectivity index (χ3v) is 6.46. The molecule has 1 atom stereocenters. The maximum atomic E-state index is 12.7. The predicted octanol–water partition coefficient (Wildman–Crippen LogP) is 2.34. The minimum atomic E-state index is -3.66. The molecule has 0 aliphatic carbocycles. The minimum absolute atomic E-state index is 0.0319. The summed E-state index contributed by atoms with van der Waals surface area (Å²) in [6, 6.07) is 7.21. The molecule has 0 unspecified atom stereocenters. The van der Waals surface area contributed by atoms with Crippen molar-refractivity contribution in [3.63, 3.8) is 0 Å². The molecule has 1 N–H and O–H groups in total. The van der Waals surface area contributed by atoms with Crippen molar-refractivity contribution in [2.75, 3.05) is 18.4 Å². The van der Waals surface area contributed by atoms with Crippen LogP contribution in [0.1, 0.15) is 42.3 Å². The Morgan fingerprint density at radius 2 is 2.00 bits per heavy atom. The molecule has 1 fully saturated rings. The third kappa shape index (κ3) is 4.83. The van der Waals surface area contributed by atoms with Crippen molar-refractivity contribution in [2.45, 2.75) is 44.1 Å². The Morgan fingerprint density at radius 1 is 1.28 bits per heavy atom. The first-order chi connectivity index (χ1) is 13.8. The van der Waals surface area contributed by atoms with Gasteiger partial charge in [0.1, 0.15) is 5.76 Å². The zero-order chi connectivity index (χ0) is 21.0. The van der Waals surface area contributed by atoms with E-state index in [0.717, 1.165) is 12.8 Å². The second-order valence-electron chi connectivity index (χ2n) is 6.75. The van der Waals surface area contributed by atoms with Crippen molar-refractivity contribution < 1.29 is 27.3 Å². The Kier molecular flexibility index (Phi) is 6.33. The van der Waals surface area contributed by atoms with Crippen LogP contribution in [0, 0.1) is 6.92 Å². The molecule has 1 amide bonds. The zero-order valence-corrected chi connectivity index (χ0v) is 17.1. The van der Waals surface area contributed by atoms with E-state index in [1.165, 1.54) is 28.6 Å². The van der Waals surface area contributed by atoms with Gasteiger partial charge in [-0.2, -0.15) is 4.31 Å². The van der Waals surface area contributed by atoms with Gasteiger partial charge < -0.3 is 14.6 Å². The fourth-order valence-electron chi connectivity index (χ4n) is 3.01. The van der Waals surface area contributed by atoms with Crippen LogP contribution in [0.25, 0.3) is 0 Å². The summed E-state index contributed by atoms with van der Waals surface area (Å²) >= 11 is 0. The summed E-state index contributed by atoms with van der Waals surface area (Å²) in [6.45, 7) is 4.32. The molecular formula is C19H23N3O6S. The number of carbonyl (C=O) groups is 2. The zero-order valence-electron chi connectivity index (χ0n) is 16.3. The molecule has 0 spiro atoms. The lowest BCUT2D eigenvalue weighted by Gasteiger charge is -2.17. The number of nitrogens with one attached hydrogen (secondary N) is 1. The van der Waals surface area contributed by atoms with Crippen LogP contribution in [0.3, 0.4) is 0 Å². The fourth-order valence-corrected chi connectivity index (χ4v) is 4.58. The number of ether oxygens (including phenoxy) is 1. The van der Waals surface area contributed by atoms with Gasteiger partial charge in [-0.25, -0.2) is 13.2 Å². The number of anilines is 1. The molecule has 1 aromatic carbocycles. The van der Waals surface area contributed by atoms with E-state index in [1.807, 2.05) is 0 Å². The molecule has 156 valence electrons. The van der Waals surface area contributed by atoms with Crippen molar-refractivity contribution in [3.8, 4) is 0 Å². The number of aromatic nitrogens is 1. The monoisotopic (exact) mass is 421 g/mol. The average Bonchev–Trinajstić information content (AvgIpc) is 3.38. The summed E-state index contributed by atoms with van der Waals surface area (Å²) in [7, 11) is -3.66. The Labute approximate surface area is 169 Å². The standard InChI is InChI=1S/C19H23N3O6S/c1-3-16(18(23)20-17-11-13(2)28-21-17)27-19(24)14-7-6-8-15(12-14)29(25,26)22-9-4-5-10-22/h6-8,11-12,16H,3-5,9-10H2,1-2H3,(H,20,21,23)/t16-/m0/s1. The first-order valence-electron chi connectivity index (χ1n) is 9.36. The Bertz CT molecular complexity index is 995. The van der Waals surface area contributed by atoms with Gasteiger partial charge in [-0.3, -0.25) is 4.79 Å². The first-order valence-corrected chi connectivity index (χ1v) is 10.8. The van der Waals surface area contributed by atoms with E-state index in [4.69, 9.17) is 9.26 Å². The van der Waals surface area contributed by atoms with Crippen LogP contribution in [-0.4, -0.2) is 48.9 Å². The van der Waals surface area contributed by atoms with Crippen molar-refractivity contribution in [2.24, 2.45) is 0 Å². The molecule has 0 bridgehead atoms. The number of esters is 1. The SMILES string of the molecule is CC[C@H](OC(=O)c1cccc(S(=O)(=O)N2CCCC2)c1)C(=O)Nc1cc(C)on1. The van der Waals surface area contributed by atoms with E-state index in [0.29, 0.717) is 18.8 Å². The second kappa shape index (κ2) is 8.75. The maximum absolute atomic E-state index is 12.7. The lowest BCUT2D eigenvalue weighted by atomic mass is 10.2. The van der Waals surface area contributed by atoms with Gasteiger partial charge in [0.25, 0.3) is 5.91 Å². The third-order valence-electron chi connectivity index (χ3n) is 4.56. The molecule has 2 heterocycles. The first kappa shape index (κ1) is 21.0. The summed E-state index contributed by atoms with van der Waals surface area (Å²) in [6.07, 6.45) is 0.817. The molecule has 10 heteroatoms. The number of carbonyl (C=O) groups excluding carboxylic acids is 2. The van der Waals surface area contributed by atoms with Crippen molar-refractivity contribution in [1.29, 1.82) is 0 Å². The minimum Gasteiger partial charge on any atom is -0.449 e. The number of sulfonamides is 1. The molecule has 2 aromatic rings. The molecule has 1 aliphatic heterocycles. The summed E-state index contributed by atoms with van der Waals surface area (Å²) in [5.74, 6) is -0.570. The van der Waals surface area contributed by atoms with Crippen molar-refractivity contribution >= 4 is 27.7 Å². The summed E-state index contributed by atoms with van der Waals surface area (Å²) in [5, 5.41) is 6.19. The number of aryl methyl sites for hydroxylation is 1. The lowest BCUT2D eigenvalue weighted by Crippen LogP contribution is -2.32. The van der Waals surface area contributed by atoms with Gasteiger partial charge in [-0.15, -0.1) is 0 Å². The largest absolute Gasteiger partial charge is 0.449 e. The van der Waals surface area contributed by atoms with Crippen LogP contribution in [0.4, 0.5) is 5.82 Å². The van der Waals surface area contributed by atoms with Gasteiger partial charge in [-0.1, -0.05) is 18.1 Å². The van der Waals surface area contributed by atoms with Crippen molar-refractivity contribution in [1.82, 2.24) is 9.46 Å². The van der Waals surface area contributed by atoms with E-state index in [2.05, 4.69) is 10.5 Å². The quantitative estimate of drug-likeness (QED) is 0.682. The lowest BCUT2D eigenvalue weighted by molar-refractivity contribution is -0.124. The molecule has 1 aliphatic rings. The van der Waals surface area contributed by atoms with Crippen LogP contribution in [-0.2, 0) is 19.6 Å². The highest BCUT2D eigenvalue weighted by Gasteiger charge is 2.28. The molecule has 1 aromatic heterocycles.